The van der Waals surface area contributed by atoms with Crippen molar-refractivity contribution in [1.29, 1.82) is 0 Å². The maximum atomic E-state index is 12.5. The van der Waals surface area contributed by atoms with Gasteiger partial charge in [0.2, 0.25) is 5.91 Å². The minimum atomic E-state index is -0.877. The van der Waals surface area contributed by atoms with Crippen molar-refractivity contribution >= 4 is 29.5 Å². The summed E-state index contributed by atoms with van der Waals surface area (Å²) in [6.45, 7) is 0.0386. The summed E-state index contributed by atoms with van der Waals surface area (Å²) in [7, 11) is 0. The van der Waals surface area contributed by atoms with Crippen molar-refractivity contribution in [3.8, 4) is 0 Å². The van der Waals surface area contributed by atoms with E-state index in [1.165, 1.54) is 0 Å². The first kappa shape index (κ1) is 18.9. The Kier molecular flexibility index (Phi) is 5.43. The van der Waals surface area contributed by atoms with Gasteiger partial charge >= 0.3 is 12.0 Å². The van der Waals surface area contributed by atoms with Gasteiger partial charge < -0.3 is 15.7 Å². The lowest BCUT2D eigenvalue weighted by Gasteiger charge is -2.19. The molecule has 1 aromatic rings. The molecule has 0 atom stereocenters. The van der Waals surface area contributed by atoms with Gasteiger partial charge in [0.15, 0.2) is 0 Å². The van der Waals surface area contributed by atoms with Crippen molar-refractivity contribution in [2.45, 2.75) is 50.5 Å². The van der Waals surface area contributed by atoms with E-state index in [1.807, 2.05) is 0 Å². The van der Waals surface area contributed by atoms with Gasteiger partial charge in [0.05, 0.1) is 0 Å². The zero-order valence-electron chi connectivity index (χ0n) is 15.0. The molecule has 1 aromatic carbocycles. The van der Waals surface area contributed by atoms with E-state index in [9.17, 15) is 19.2 Å². The van der Waals surface area contributed by atoms with Crippen LogP contribution in [0.3, 0.4) is 0 Å². The monoisotopic (exact) mass is 373 g/mol. The highest BCUT2D eigenvalue weighted by Crippen LogP contribution is 2.35. The smallest absolute Gasteiger partial charge is 0.325 e. The number of aryl methyl sites for hydroxylation is 1. The number of hydrogen-bond acceptors (Lipinski definition) is 4. The Morgan fingerprint density at radius 2 is 1.93 bits per heavy atom. The maximum Gasteiger partial charge on any atom is 0.325 e. The van der Waals surface area contributed by atoms with Crippen LogP contribution in [0.5, 0.6) is 0 Å². The van der Waals surface area contributed by atoms with E-state index in [4.69, 9.17) is 5.11 Å². The molecule has 1 saturated carbocycles. The van der Waals surface area contributed by atoms with Gasteiger partial charge in [-0.25, -0.2) is 4.79 Å². The van der Waals surface area contributed by atoms with Crippen LogP contribution >= 0.6 is 0 Å². The van der Waals surface area contributed by atoms with Gasteiger partial charge in [-0.05, 0) is 37.0 Å². The topological polar surface area (TPSA) is 116 Å². The number of benzene rings is 1. The molecule has 1 aliphatic heterocycles. The average Bonchev–Trinajstić information content (AvgIpc) is 3.18. The van der Waals surface area contributed by atoms with Crippen LogP contribution in [0, 0.1) is 0 Å². The van der Waals surface area contributed by atoms with Crippen LogP contribution in [-0.4, -0.2) is 45.9 Å². The number of carbonyl (C=O) groups excluding carboxylic acids is 3. The van der Waals surface area contributed by atoms with E-state index in [2.05, 4.69) is 10.6 Å². The number of nitrogens with zero attached hydrogens (tertiary/aromatic N) is 1. The molecule has 3 N–H and O–H groups in total. The second-order valence-corrected chi connectivity index (χ2v) is 7.07. The van der Waals surface area contributed by atoms with Crippen LogP contribution in [0.2, 0.25) is 0 Å². The Hall–Kier alpha value is -2.90. The molecule has 0 bridgehead atoms. The third kappa shape index (κ3) is 4.27. The summed E-state index contributed by atoms with van der Waals surface area (Å²) in [6, 6.07) is 6.55. The van der Waals surface area contributed by atoms with E-state index in [-0.39, 0.29) is 31.2 Å². The van der Waals surface area contributed by atoms with Crippen LogP contribution in [0.1, 0.15) is 44.1 Å². The summed E-state index contributed by atoms with van der Waals surface area (Å²) in [6.07, 6.45) is 3.55. The number of carboxylic acid groups (broad SMARTS) is 1. The van der Waals surface area contributed by atoms with Crippen LogP contribution in [-0.2, 0) is 20.8 Å². The van der Waals surface area contributed by atoms with Gasteiger partial charge in [0, 0.05) is 25.1 Å². The van der Waals surface area contributed by atoms with Gasteiger partial charge in [0.1, 0.15) is 5.54 Å². The Morgan fingerprint density at radius 1 is 1.19 bits per heavy atom. The molecule has 2 aliphatic rings. The number of aliphatic carboxylic acids is 1. The Balaban J connectivity index is 1.53. The molecule has 8 heteroatoms. The van der Waals surface area contributed by atoms with Crippen LogP contribution in [0.4, 0.5) is 10.5 Å². The molecule has 1 saturated heterocycles. The first-order valence-corrected chi connectivity index (χ1v) is 9.14. The van der Waals surface area contributed by atoms with Gasteiger partial charge in [0.25, 0.3) is 5.91 Å². The summed E-state index contributed by atoms with van der Waals surface area (Å²) in [5, 5.41) is 14.3. The number of hydrogen-bond donors (Lipinski definition) is 3. The lowest BCUT2D eigenvalue weighted by atomic mass is 9.98. The normalized spacial score (nSPS) is 18.0. The van der Waals surface area contributed by atoms with Crippen molar-refractivity contribution in [2.75, 3.05) is 11.9 Å². The minimum absolute atomic E-state index is 0.00853. The number of carbonyl (C=O) groups is 4. The Bertz CT molecular complexity index is 770. The third-order valence-corrected chi connectivity index (χ3v) is 5.10. The first-order chi connectivity index (χ1) is 12.9. The lowest BCUT2D eigenvalue weighted by Crippen LogP contribution is -2.44. The highest BCUT2D eigenvalue weighted by atomic mass is 16.4. The molecule has 0 unspecified atom stereocenters. The molecule has 27 heavy (non-hydrogen) atoms. The number of urea groups is 1. The van der Waals surface area contributed by atoms with Crippen LogP contribution < -0.4 is 10.6 Å². The molecule has 3 rings (SSSR count). The second-order valence-electron chi connectivity index (χ2n) is 7.07. The third-order valence-electron chi connectivity index (χ3n) is 5.10. The standard InChI is InChI=1S/C19H23N3O5/c23-15(20-14-5-3-4-13(12-14)6-7-16(24)25)8-11-22-17(26)19(21-18(22)27)9-1-2-10-19/h3-5,12H,1-2,6-11H2,(H,20,23)(H,21,27)(H,24,25). The molecule has 8 nitrogen and oxygen atoms in total. The van der Waals surface area contributed by atoms with Crippen molar-refractivity contribution in [1.82, 2.24) is 10.2 Å². The average molecular weight is 373 g/mol. The molecule has 144 valence electrons. The molecular weight excluding hydrogens is 350 g/mol. The fourth-order valence-corrected chi connectivity index (χ4v) is 3.69. The summed E-state index contributed by atoms with van der Waals surface area (Å²) in [5.41, 5.74) is 0.617. The number of imide groups is 1. The maximum absolute atomic E-state index is 12.5. The molecule has 1 spiro atoms. The summed E-state index contributed by atoms with van der Waals surface area (Å²) in [5.74, 6) is -1.41. The van der Waals surface area contributed by atoms with E-state index in [0.29, 0.717) is 24.9 Å². The first-order valence-electron chi connectivity index (χ1n) is 9.14. The molecule has 4 amide bonds. The van der Waals surface area contributed by atoms with Crippen LogP contribution in [0.15, 0.2) is 24.3 Å². The van der Waals surface area contributed by atoms with Gasteiger partial charge in [-0.3, -0.25) is 19.3 Å². The molecule has 0 radical (unpaired) electrons. The number of anilines is 1. The van der Waals surface area contributed by atoms with Gasteiger partial charge in [-0.2, -0.15) is 0 Å². The summed E-state index contributed by atoms with van der Waals surface area (Å²) >= 11 is 0. The SMILES string of the molecule is O=C(O)CCc1cccc(NC(=O)CCN2C(=O)NC3(CCCC3)C2=O)c1. The summed E-state index contributed by atoms with van der Waals surface area (Å²) in [4.78, 5) is 48.6. The summed E-state index contributed by atoms with van der Waals surface area (Å²) < 4.78 is 0. The number of carboxylic acids is 1. The zero-order chi connectivity index (χ0) is 19.4. The molecular formula is C19H23N3O5. The lowest BCUT2D eigenvalue weighted by molar-refractivity contribution is -0.137. The molecule has 1 aliphatic carbocycles. The molecule has 1 heterocycles. The number of amides is 4. The van der Waals surface area contributed by atoms with Crippen molar-refractivity contribution in [3.05, 3.63) is 29.8 Å². The van der Waals surface area contributed by atoms with E-state index in [1.54, 1.807) is 24.3 Å². The largest absolute Gasteiger partial charge is 0.481 e. The minimum Gasteiger partial charge on any atom is -0.481 e. The van der Waals surface area contributed by atoms with Crippen molar-refractivity contribution in [2.24, 2.45) is 0 Å². The Morgan fingerprint density at radius 3 is 2.63 bits per heavy atom. The number of rotatable bonds is 7. The quantitative estimate of drug-likeness (QED) is 0.631. The predicted molar refractivity (Wildman–Crippen MR) is 97.1 cm³/mol. The van der Waals surface area contributed by atoms with Gasteiger partial charge in [-0.15, -0.1) is 0 Å². The Labute approximate surface area is 156 Å². The zero-order valence-corrected chi connectivity index (χ0v) is 15.0. The van der Waals surface area contributed by atoms with Crippen LogP contribution in [0.25, 0.3) is 0 Å². The fraction of sp³-hybridized carbons (Fsp3) is 0.474. The van der Waals surface area contributed by atoms with E-state index < -0.39 is 17.5 Å². The molecule has 0 aromatic heterocycles. The molecule has 2 fully saturated rings. The predicted octanol–water partition coefficient (Wildman–Crippen LogP) is 1.90. The van der Waals surface area contributed by atoms with Crippen molar-refractivity contribution < 1.29 is 24.3 Å². The van der Waals surface area contributed by atoms with E-state index in [0.717, 1.165) is 23.3 Å². The van der Waals surface area contributed by atoms with E-state index >= 15 is 0 Å². The highest BCUT2D eigenvalue weighted by molar-refractivity contribution is 6.07. The highest BCUT2D eigenvalue weighted by Gasteiger charge is 2.52. The van der Waals surface area contributed by atoms with Gasteiger partial charge in [-0.1, -0.05) is 25.0 Å². The second kappa shape index (κ2) is 7.77. The van der Waals surface area contributed by atoms with Crippen molar-refractivity contribution in [3.63, 3.8) is 0 Å². The fourth-order valence-electron chi connectivity index (χ4n) is 3.69. The number of nitrogens with one attached hydrogen (secondary N) is 2.